The molecule has 2 fully saturated rings. The Bertz CT molecular complexity index is 494. The largest absolute Gasteiger partial charge is 0.479 e. The first kappa shape index (κ1) is 14.5. The number of benzene rings is 1. The van der Waals surface area contributed by atoms with Crippen molar-refractivity contribution in [2.45, 2.75) is 37.4 Å². The van der Waals surface area contributed by atoms with Crippen LogP contribution in [0.2, 0.25) is 0 Å². The van der Waals surface area contributed by atoms with Crippen LogP contribution < -0.4 is 0 Å². The predicted molar refractivity (Wildman–Crippen MR) is 80.2 cm³/mol. The molecule has 0 radical (unpaired) electrons. The summed E-state index contributed by atoms with van der Waals surface area (Å²) in [6, 6.07) is 10.1. The Morgan fingerprint density at radius 1 is 1.33 bits per heavy atom. The lowest BCUT2D eigenvalue weighted by molar-refractivity contribution is -0.159. The van der Waals surface area contributed by atoms with Crippen LogP contribution in [0.5, 0.6) is 0 Å². The van der Waals surface area contributed by atoms with E-state index in [-0.39, 0.29) is 11.5 Å². The minimum absolute atomic E-state index is 0.0771. The Kier molecular flexibility index (Phi) is 4.00. The molecule has 0 aliphatic carbocycles. The van der Waals surface area contributed by atoms with Gasteiger partial charge < -0.3 is 14.7 Å². The van der Waals surface area contributed by atoms with Crippen molar-refractivity contribution in [3.8, 4) is 0 Å². The lowest BCUT2D eigenvalue weighted by atomic mass is 9.82. The minimum Gasteiger partial charge on any atom is -0.479 e. The molecule has 1 aromatic rings. The lowest BCUT2D eigenvalue weighted by Gasteiger charge is -2.37. The molecule has 4 nitrogen and oxygen atoms in total. The normalized spacial score (nSPS) is 28.8. The highest BCUT2D eigenvalue weighted by Gasteiger charge is 2.49. The van der Waals surface area contributed by atoms with Crippen LogP contribution in [0.15, 0.2) is 30.3 Å². The van der Waals surface area contributed by atoms with Gasteiger partial charge in [0.1, 0.15) is 0 Å². The quantitative estimate of drug-likeness (QED) is 0.926. The molecule has 1 aromatic carbocycles. The highest BCUT2D eigenvalue weighted by molar-refractivity contribution is 5.73. The van der Waals surface area contributed by atoms with Crippen molar-refractivity contribution in [3.63, 3.8) is 0 Å². The van der Waals surface area contributed by atoms with Gasteiger partial charge in [-0.25, -0.2) is 4.79 Å². The van der Waals surface area contributed by atoms with Gasteiger partial charge in [-0.2, -0.15) is 0 Å². The van der Waals surface area contributed by atoms with E-state index in [9.17, 15) is 9.90 Å². The van der Waals surface area contributed by atoms with E-state index in [1.165, 1.54) is 5.56 Å². The summed E-state index contributed by atoms with van der Waals surface area (Å²) in [7, 11) is 2.11. The van der Waals surface area contributed by atoms with Crippen molar-refractivity contribution in [1.82, 2.24) is 4.90 Å². The van der Waals surface area contributed by atoms with Crippen LogP contribution in [0, 0.1) is 5.92 Å². The number of carbonyl (C=O) groups is 1. The van der Waals surface area contributed by atoms with E-state index in [1.807, 2.05) is 18.2 Å². The van der Waals surface area contributed by atoms with E-state index < -0.39 is 12.1 Å². The molecule has 2 atom stereocenters. The van der Waals surface area contributed by atoms with Crippen LogP contribution in [0.3, 0.4) is 0 Å². The Morgan fingerprint density at radius 2 is 2.00 bits per heavy atom. The number of hydrogen-bond acceptors (Lipinski definition) is 3. The van der Waals surface area contributed by atoms with E-state index in [4.69, 9.17) is 4.74 Å². The predicted octanol–water partition coefficient (Wildman–Crippen LogP) is 2.18. The number of ether oxygens (including phenoxy) is 1. The summed E-state index contributed by atoms with van der Waals surface area (Å²) in [6.45, 7) is 1.98. The summed E-state index contributed by atoms with van der Waals surface area (Å²) < 4.78 is 6.06. The van der Waals surface area contributed by atoms with Gasteiger partial charge in [0.15, 0.2) is 6.10 Å². The van der Waals surface area contributed by atoms with Crippen LogP contribution in [-0.4, -0.2) is 47.8 Å². The molecule has 2 heterocycles. The number of piperidine rings is 1. The maximum absolute atomic E-state index is 11.6. The Balaban J connectivity index is 1.74. The van der Waals surface area contributed by atoms with E-state index >= 15 is 0 Å². The van der Waals surface area contributed by atoms with Gasteiger partial charge in [0.25, 0.3) is 0 Å². The Morgan fingerprint density at radius 3 is 2.62 bits per heavy atom. The summed E-state index contributed by atoms with van der Waals surface area (Å²) in [5.41, 5.74) is 0.983. The topological polar surface area (TPSA) is 49.8 Å². The molecule has 0 bridgehead atoms. The van der Waals surface area contributed by atoms with Crippen molar-refractivity contribution in [1.29, 1.82) is 0 Å². The van der Waals surface area contributed by atoms with Crippen molar-refractivity contribution in [2.24, 2.45) is 5.92 Å². The average molecular weight is 289 g/mol. The number of aliphatic carboxylic acids is 1. The first-order chi connectivity index (χ1) is 10.1. The maximum Gasteiger partial charge on any atom is 0.333 e. The van der Waals surface area contributed by atoms with Crippen LogP contribution in [0.1, 0.15) is 24.8 Å². The number of rotatable bonds is 3. The monoisotopic (exact) mass is 289 g/mol. The number of hydrogen-bond donors (Lipinski definition) is 1. The third-order valence-corrected chi connectivity index (χ3v) is 4.92. The van der Waals surface area contributed by atoms with Crippen LogP contribution in [-0.2, 0) is 16.0 Å². The average Bonchev–Trinajstić information content (AvgIpc) is 2.83. The molecular formula is C17H23NO3. The van der Waals surface area contributed by atoms with Crippen molar-refractivity contribution in [3.05, 3.63) is 35.9 Å². The van der Waals surface area contributed by atoms with E-state index in [0.717, 1.165) is 38.8 Å². The maximum atomic E-state index is 11.6. The van der Waals surface area contributed by atoms with Gasteiger partial charge in [-0.05, 0) is 38.3 Å². The minimum atomic E-state index is -0.813. The number of carboxylic acids is 1. The summed E-state index contributed by atoms with van der Waals surface area (Å²) in [5.74, 6) is -0.736. The van der Waals surface area contributed by atoms with Crippen LogP contribution in [0.4, 0.5) is 0 Å². The third-order valence-electron chi connectivity index (χ3n) is 4.92. The van der Waals surface area contributed by atoms with Crippen molar-refractivity contribution < 1.29 is 14.6 Å². The van der Waals surface area contributed by atoms with Gasteiger partial charge in [0, 0.05) is 19.0 Å². The molecule has 2 unspecified atom stereocenters. The number of likely N-dealkylation sites (tertiary alicyclic amines) is 1. The van der Waals surface area contributed by atoms with Crippen molar-refractivity contribution in [2.75, 3.05) is 20.1 Å². The number of nitrogens with zero attached hydrogens (tertiary/aromatic N) is 1. The fourth-order valence-corrected chi connectivity index (χ4v) is 3.69. The molecule has 0 amide bonds. The van der Waals surface area contributed by atoms with E-state index in [1.54, 1.807) is 0 Å². The molecule has 1 N–H and O–H groups in total. The zero-order valence-electron chi connectivity index (χ0n) is 12.5. The molecular weight excluding hydrogens is 266 g/mol. The second-order valence-corrected chi connectivity index (χ2v) is 6.52. The fourth-order valence-electron chi connectivity index (χ4n) is 3.69. The zero-order chi connectivity index (χ0) is 14.9. The van der Waals surface area contributed by atoms with Gasteiger partial charge in [-0.15, -0.1) is 0 Å². The molecule has 114 valence electrons. The van der Waals surface area contributed by atoms with E-state index in [2.05, 4.69) is 24.1 Å². The fraction of sp³-hybridized carbons (Fsp3) is 0.588. The van der Waals surface area contributed by atoms with E-state index in [0.29, 0.717) is 0 Å². The van der Waals surface area contributed by atoms with Gasteiger partial charge in [0.2, 0.25) is 0 Å². The van der Waals surface area contributed by atoms with Gasteiger partial charge in [-0.3, -0.25) is 0 Å². The first-order valence-electron chi connectivity index (χ1n) is 7.71. The molecule has 4 heteroatoms. The van der Waals surface area contributed by atoms with Crippen molar-refractivity contribution >= 4 is 5.97 Å². The highest BCUT2D eigenvalue weighted by Crippen LogP contribution is 2.43. The summed E-state index contributed by atoms with van der Waals surface area (Å²) in [6.07, 6.45) is 2.88. The Hall–Kier alpha value is -1.39. The molecule has 3 rings (SSSR count). The van der Waals surface area contributed by atoms with Gasteiger partial charge in [-0.1, -0.05) is 30.3 Å². The van der Waals surface area contributed by atoms with Gasteiger partial charge in [0.05, 0.1) is 5.60 Å². The second-order valence-electron chi connectivity index (χ2n) is 6.52. The molecule has 0 saturated carbocycles. The summed E-state index contributed by atoms with van der Waals surface area (Å²) in [4.78, 5) is 13.8. The molecule has 21 heavy (non-hydrogen) atoms. The lowest BCUT2D eigenvalue weighted by Crippen LogP contribution is -2.43. The molecule has 2 aliphatic rings. The SMILES string of the molecule is CN1CCC2(CC1)CC(Cc1ccccc1)C(C(=O)O)O2. The first-order valence-corrected chi connectivity index (χ1v) is 7.71. The number of carboxylic acid groups (broad SMARTS) is 1. The molecule has 0 aromatic heterocycles. The summed E-state index contributed by atoms with van der Waals surface area (Å²) >= 11 is 0. The molecule has 2 aliphatic heterocycles. The Labute approximate surface area is 125 Å². The summed E-state index contributed by atoms with van der Waals surface area (Å²) in [5, 5.41) is 9.49. The molecule has 2 saturated heterocycles. The van der Waals surface area contributed by atoms with Gasteiger partial charge >= 0.3 is 5.97 Å². The standard InChI is InChI=1S/C17H23NO3/c1-18-9-7-17(8-10-18)12-14(15(21-17)16(19)20)11-13-5-3-2-4-6-13/h2-6,14-15H,7-12H2,1H3,(H,19,20). The second kappa shape index (κ2) is 5.78. The smallest absolute Gasteiger partial charge is 0.333 e. The highest BCUT2D eigenvalue weighted by atomic mass is 16.5. The molecule has 1 spiro atoms. The van der Waals surface area contributed by atoms with Crippen LogP contribution in [0.25, 0.3) is 0 Å². The third kappa shape index (κ3) is 3.11. The van der Waals surface area contributed by atoms with Crippen LogP contribution >= 0.6 is 0 Å². The zero-order valence-corrected chi connectivity index (χ0v) is 12.5.